The van der Waals surface area contributed by atoms with Crippen molar-refractivity contribution in [1.82, 2.24) is 10.7 Å². The molecule has 6 nitrogen and oxygen atoms in total. The summed E-state index contributed by atoms with van der Waals surface area (Å²) >= 11 is 5.07. The smallest absolute Gasteiger partial charge is 0.346 e. The van der Waals surface area contributed by atoms with Gasteiger partial charge in [0.15, 0.2) is 16.6 Å². The fraction of sp³-hybridized carbons (Fsp3) is 0.211. The Kier molecular flexibility index (Phi) is 7.25. The molecular formula is C19H20FN3O3S. The summed E-state index contributed by atoms with van der Waals surface area (Å²) in [6, 6.07) is 10.7. The van der Waals surface area contributed by atoms with E-state index in [0.29, 0.717) is 16.4 Å². The minimum absolute atomic E-state index is 0.152. The molecule has 0 aliphatic carbocycles. The Labute approximate surface area is 162 Å². The van der Waals surface area contributed by atoms with E-state index < -0.39 is 11.8 Å². The van der Waals surface area contributed by atoms with Gasteiger partial charge >= 0.3 is 5.97 Å². The summed E-state index contributed by atoms with van der Waals surface area (Å²) in [5, 5.41) is 7.43. The van der Waals surface area contributed by atoms with Gasteiger partial charge in [-0.1, -0.05) is 12.1 Å². The quantitative estimate of drug-likeness (QED) is 0.260. The minimum Gasteiger partial charge on any atom is -0.493 e. The largest absolute Gasteiger partial charge is 0.493 e. The summed E-state index contributed by atoms with van der Waals surface area (Å²) in [6.07, 6.45) is 1.54. The molecule has 0 aliphatic rings. The fourth-order valence-corrected chi connectivity index (χ4v) is 2.38. The first-order valence-electron chi connectivity index (χ1n) is 8.15. The van der Waals surface area contributed by atoms with E-state index in [-0.39, 0.29) is 17.4 Å². The van der Waals surface area contributed by atoms with Gasteiger partial charge in [-0.05, 0) is 62.0 Å². The Hall–Kier alpha value is -3.00. The summed E-state index contributed by atoms with van der Waals surface area (Å²) in [6.45, 7) is 3.92. The second-order valence-electron chi connectivity index (χ2n) is 5.78. The molecule has 0 bridgehead atoms. The molecule has 0 amide bonds. The van der Waals surface area contributed by atoms with Crippen LogP contribution in [0.25, 0.3) is 0 Å². The van der Waals surface area contributed by atoms with Gasteiger partial charge in [0.25, 0.3) is 0 Å². The van der Waals surface area contributed by atoms with E-state index in [1.54, 1.807) is 30.5 Å². The lowest BCUT2D eigenvalue weighted by atomic mass is 10.2. The molecule has 142 valence electrons. The predicted octanol–water partition coefficient (Wildman–Crippen LogP) is 3.26. The van der Waals surface area contributed by atoms with Crippen LogP contribution in [-0.4, -0.2) is 30.4 Å². The van der Waals surface area contributed by atoms with Crippen LogP contribution in [0.2, 0.25) is 0 Å². The van der Waals surface area contributed by atoms with Crippen LogP contribution in [-0.2, 0) is 0 Å². The average molecular weight is 389 g/mol. The Morgan fingerprint density at radius 3 is 2.63 bits per heavy atom. The van der Waals surface area contributed by atoms with Crippen molar-refractivity contribution in [1.29, 1.82) is 0 Å². The number of carbonyl (C=O) groups is 1. The summed E-state index contributed by atoms with van der Waals surface area (Å²) < 4.78 is 24.2. The van der Waals surface area contributed by atoms with Gasteiger partial charge in [0.05, 0.1) is 18.9 Å². The number of thiocarbonyl (C=S) groups is 1. The van der Waals surface area contributed by atoms with E-state index in [1.807, 2.05) is 13.8 Å². The number of hydrogen-bond acceptors (Lipinski definition) is 5. The Morgan fingerprint density at radius 2 is 1.96 bits per heavy atom. The molecule has 2 aromatic carbocycles. The number of hydrogen-bond donors (Lipinski definition) is 2. The molecule has 0 radical (unpaired) electrons. The molecule has 8 heteroatoms. The molecule has 0 spiro atoms. The van der Waals surface area contributed by atoms with Crippen LogP contribution in [0, 0.1) is 5.82 Å². The van der Waals surface area contributed by atoms with E-state index >= 15 is 0 Å². The van der Waals surface area contributed by atoms with Gasteiger partial charge < -0.3 is 14.8 Å². The maximum Gasteiger partial charge on any atom is 0.346 e. The normalized spacial score (nSPS) is 10.7. The molecule has 0 aromatic heterocycles. The van der Waals surface area contributed by atoms with Gasteiger partial charge in [-0.15, -0.1) is 0 Å². The molecule has 0 atom stereocenters. The van der Waals surface area contributed by atoms with Crippen molar-refractivity contribution in [2.24, 2.45) is 5.10 Å². The first-order valence-corrected chi connectivity index (χ1v) is 8.56. The molecule has 0 unspecified atom stereocenters. The summed E-state index contributed by atoms with van der Waals surface area (Å²) in [7, 11) is 1.44. The number of ether oxygens (including phenoxy) is 2. The van der Waals surface area contributed by atoms with Crippen molar-refractivity contribution in [2.75, 3.05) is 7.11 Å². The zero-order valence-electron chi connectivity index (χ0n) is 15.2. The standard InChI is InChI=1S/C19H20FN3O3S/c1-12(2)22-19(27)23-21-11-13-8-9-16(17(10-13)25-3)26-18(24)14-6-4-5-7-15(14)20/h4-12H,1-3H3,(H2,22,23,27)/b21-11-. The lowest BCUT2D eigenvalue weighted by Crippen LogP contribution is -2.36. The summed E-state index contributed by atoms with van der Waals surface area (Å²) in [5.74, 6) is -0.971. The fourth-order valence-electron chi connectivity index (χ4n) is 2.09. The lowest BCUT2D eigenvalue weighted by molar-refractivity contribution is 0.0725. The van der Waals surface area contributed by atoms with Gasteiger partial charge in [0, 0.05) is 6.04 Å². The number of hydrazone groups is 1. The molecule has 2 rings (SSSR count). The van der Waals surface area contributed by atoms with Gasteiger partial charge in [0.1, 0.15) is 5.82 Å². The number of benzene rings is 2. The number of nitrogens with zero attached hydrogens (tertiary/aromatic N) is 1. The highest BCUT2D eigenvalue weighted by Crippen LogP contribution is 2.28. The second kappa shape index (κ2) is 9.63. The highest BCUT2D eigenvalue weighted by atomic mass is 32.1. The zero-order valence-corrected chi connectivity index (χ0v) is 16.0. The van der Waals surface area contributed by atoms with Gasteiger partial charge in [-0.3, -0.25) is 5.43 Å². The van der Waals surface area contributed by atoms with Gasteiger partial charge in [0.2, 0.25) is 0 Å². The number of nitrogens with one attached hydrogen (secondary N) is 2. The van der Waals surface area contributed by atoms with Crippen molar-refractivity contribution in [3.63, 3.8) is 0 Å². The van der Waals surface area contributed by atoms with Gasteiger partial charge in [-0.2, -0.15) is 5.10 Å². The number of esters is 1. The lowest BCUT2D eigenvalue weighted by Gasteiger charge is -2.11. The Bertz CT molecular complexity index is 856. The first kappa shape index (κ1) is 20.3. The Morgan fingerprint density at radius 1 is 1.22 bits per heavy atom. The SMILES string of the molecule is COc1cc(/C=N\NC(=S)NC(C)C)ccc1OC(=O)c1ccccc1F. The van der Waals surface area contributed by atoms with Gasteiger partial charge in [-0.25, -0.2) is 9.18 Å². The highest BCUT2D eigenvalue weighted by molar-refractivity contribution is 7.80. The van der Waals surface area contributed by atoms with Crippen molar-refractivity contribution < 1.29 is 18.7 Å². The highest BCUT2D eigenvalue weighted by Gasteiger charge is 2.16. The summed E-state index contributed by atoms with van der Waals surface area (Å²) in [4.78, 5) is 12.1. The van der Waals surface area contributed by atoms with Crippen molar-refractivity contribution in [3.8, 4) is 11.5 Å². The minimum atomic E-state index is -0.806. The monoisotopic (exact) mass is 389 g/mol. The molecule has 0 saturated carbocycles. The number of methoxy groups -OCH3 is 1. The van der Waals surface area contributed by atoms with E-state index in [2.05, 4.69) is 15.8 Å². The van der Waals surface area contributed by atoms with Crippen molar-refractivity contribution in [3.05, 3.63) is 59.4 Å². The molecule has 0 aliphatic heterocycles. The van der Waals surface area contributed by atoms with Crippen LogP contribution in [0.3, 0.4) is 0 Å². The van der Waals surface area contributed by atoms with Crippen LogP contribution in [0.1, 0.15) is 29.8 Å². The first-order chi connectivity index (χ1) is 12.9. The predicted molar refractivity (Wildman–Crippen MR) is 106 cm³/mol. The van der Waals surface area contributed by atoms with E-state index in [9.17, 15) is 9.18 Å². The van der Waals surface area contributed by atoms with Crippen LogP contribution in [0.4, 0.5) is 4.39 Å². The third-order valence-electron chi connectivity index (χ3n) is 3.28. The molecule has 27 heavy (non-hydrogen) atoms. The third-order valence-corrected chi connectivity index (χ3v) is 3.49. The molecule has 0 heterocycles. The molecule has 2 N–H and O–H groups in total. The summed E-state index contributed by atoms with van der Waals surface area (Å²) in [5.41, 5.74) is 3.24. The topological polar surface area (TPSA) is 71.9 Å². The van der Waals surface area contributed by atoms with Crippen molar-refractivity contribution >= 4 is 29.5 Å². The van der Waals surface area contributed by atoms with Crippen LogP contribution in [0.15, 0.2) is 47.6 Å². The number of rotatable bonds is 6. The molecule has 2 aromatic rings. The number of carbonyl (C=O) groups excluding carboxylic acids is 1. The van der Waals surface area contributed by atoms with E-state index in [0.717, 1.165) is 0 Å². The third kappa shape index (κ3) is 6.03. The zero-order chi connectivity index (χ0) is 19.8. The van der Waals surface area contributed by atoms with E-state index in [1.165, 1.54) is 25.3 Å². The Balaban J connectivity index is 2.08. The van der Waals surface area contributed by atoms with Crippen LogP contribution in [0.5, 0.6) is 11.5 Å². The maximum absolute atomic E-state index is 13.7. The maximum atomic E-state index is 13.7. The van der Waals surface area contributed by atoms with E-state index in [4.69, 9.17) is 21.7 Å². The molecule has 0 fully saturated rings. The van der Waals surface area contributed by atoms with Crippen LogP contribution < -0.4 is 20.2 Å². The second-order valence-corrected chi connectivity index (χ2v) is 6.19. The number of halogens is 1. The average Bonchev–Trinajstić information content (AvgIpc) is 2.62. The molecular weight excluding hydrogens is 369 g/mol. The van der Waals surface area contributed by atoms with Crippen LogP contribution >= 0.6 is 12.2 Å². The molecule has 0 saturated heterocycles. The van der Waals surface area contributed by atoms with Crippen molar-refractivity contribution in [2.45, 2.75) is 19.9 Å².